The van der Waals surface area contributed by atoms with Crippen molar-refractivity contribution >= 4 is 21.4 Å². The molecule has 0 aliphatic heterocycles. The molecule has 3 aromatic rings. The monoisotopic (exact) mass is 386 g/mol. The van der Waals surface area contributed by atoms with Crippen molar-refractivity contribution in [1.82, 2.24) is 4.98 Å². The molecule has 4 nitrogen and oxygen atoms in total. The summed E-state index contributed by atoms with van der Waals surface area (Å²) in [6.45, 7) is 0. The summed E-state index contributed by atoms with van der Waals surface area (Å²) in [6.07, 6.45) is 1.13. The van der Waals surface area contributed by atoms with Crippen LogP contribution >= 0.6 is 11.6 Å². The van der Waals surface area contributed by atoms with Crippen molar-refractivity contribution in [2.24, 2.45) is 0 Å². The minimum absolute atomic E-state index is 0.0448. The van der Waals surface area contributed by atoms with Gasteiger partial charge in [-0.15, -0.1) is 0 Å². The van der Waals surface area contributed by atoms with Crippen molar-refractivity contribution in [3.63, 3.8) is 0 Å². The molecule has 0 saturated heterocycles. The minimum Gasteiger partial charge on any atom is -0.234 e. The van der Waals surface area contributed by atoms with E-state index in [9.17, 15) is 18.1 Å². The van der Waals surface area contributed by atoms with Crippen molar-refractivity contribution in [1.29, 1.82) is 5.26 Å². The third-order valence-electron chi connectivity index (χ3n) is 3.81. The number of aromatic nitrogens is 1. The van der Waals surface area contributed by atoms with E-state index in [4.69, 9.17) is 11.6 Å². The van der Waals surface area contributed by atoms with E-state index in [1.165, 1.54) is 24.3 Å². The van der Waals surface area contributed by atoms with Crippen LogP contribution < -0.4 is 0 Å². The zero-order valence-electron chi connectivity index (χ0n) is 13.6. The molecule has 1 aromatic heterocycles. The molecule has 0 unspecified atom stereocenters. The number of rotatable bonds is 3. The molecule has 0 amide bonds. The average molecular weight is 387 g/mol. The number of sulfone groups is 1. The van der Waals surface area contributed by atoms with Crippen LogP contribution in [-0.4, -0.2) is 19.7 Å². The lowest BCUT2D eigenvalue weighted by Crippen LogP contribution is -1.97. The molecule has 26 heavy (non-hydrogen) atoms. The zero-order chi connectivity index (χ0) is 18.9. The van der Waals surface area contributed by atoms with Gasteiger partial charge in [0.25, 0.3) is 0 Å². The van der Waals surface area contributed by atoms with Gasteiger partial charge in [0, 0.05) is 17.4 Å². The standard InChI is InChI=1S/C19H12ClFN2O2S/c1-26(24,25)16-8-4-12(5-9-16)17-10-14(11-22)19(20)23-18(17)13-2-6-15(21)7-3-13/h2-10H,1H3. The van der Waals surface area contributed by atoms with Gasteiger partial charge in [0.1, 0.15) is 17.0 Å². The van der Waals surface area contributed by atoms with Gasteiger partial charge in [-0.1, -0.05) is 23.7 Å². The molecule has 0 aliphatic carbocycles. The number of nitriles is 1. The van der Waals surface area contributed by atoms with Gasteiger partial charge < -0.3 is 0 Å². The van der Waals surface area contributed by atoms with Crippen LogP contribution in [0.4, 0.5) is 4.39 Å². The molecule has 0 aliphatic rings. The largest absolute Gasteiger partial charge is 0.234 e. The number of benzene rings is 2. The first-order valence-electron chi connectivity index (χ1n) is 7.46. The van der Waals surface area contributed by atoms with Crippen LogP contribution in [0.25, 0.3) is 22.4 Å². The molecular formula is C19H12ClFN2O2S. The summed E-state index contributed by atoms with van der Waals surface area (Å²) in [4.78, 5) is 4.48. The predicted molar refractivity (Wildman–Crippen MR) is 97.9 cm³/mol. The normalized spacial score (nSPS) is 11.2. The zero-order valence-corrected chi connectivity index (χ0v) is 15.1. The summed E-state index contributed by atoms with van der Waals surface area (Å²) >= 11 is 6.07. The molecule has 0 atom stereocenters. The van der Waals surface area contributed by atoms with Crippen LogP contribution in [0, 0.1) is 17.1 Å². The van der Waals surface area contributed by atoms with E-state index in [0.29, 0.717) is 22.4 Å². The third kappa shape index (κ3) is 3.59. The third-order valence-corrected chi connectivity index (χ3v) is 5.22. The van der Waals surface area contributed by atoms with Gasteiger partial charge in [-0.3, -0.25) is 0 Å². The van der Waals surface area contributed by atoms with Gasteiger partial charge in [-0.2, -0.15) is 5.26 Å². The van der Waals surface area contributed by atoms with Crippen molar-refractivity contribution in [2.75, 3.05) is 6.26 Å². The van der Waals surface area contributed by atoms with Crippen molar-refractivity contribution in [2.45, 2.75) is 4.90 Å². The highest BCUT2D eigenvalue weighted by Gasteiger charge is 2.15. The molecule has 0 saturated carbocycles. The molecule has 1 heterocycles. The minimum atomic E-state index is -3.32. The van der Waals surface area contributed by atoms with Crippen LogP contribution in [0.3, 0.4) is 0 Å². The Balaban J connectivity index is 2.22. The second-order valence-electron chi connectivity index (χ2n) is 5.64. The lowest BCUT2D eigenvalue weighted by atomic mass is 9.98. The SMILES string of the molecule is CS(=O)(=O)c1ccc(-c2cc(C#N)c(Cl)nc2-c2ccc(F)cc2)cc1. The predicted octanol–water partition coefficient (Wildman–Crippen LogP) is 4.48. The Labute approximate surface area is 155 Å². The Kier molecular flexibility index (Phi) is 4.77. The quantitative estimate of drug-likeness (QED) is 0.622. The van der Waals surface area contributed by atoms with Crippen LogP contribution in [0.15, 0.2) is 59.5 Å². The van der Waals surface area contributed by atoms with E-state index in [1.54, 1.807) is 30.3 Å². The second-order valence-corrected chi connectivity index (χ2v) is 8.01. The molecule has 0 N–H and O–H groups in total. The Morgan fingerprint density at radius 2 is 1.62 bits per heavy atom. The van der Waals surface area contributed by atoms with Gasteiger partial charge >= 0.3 is 0 Å². The molecule has 7 heteroatoms. The summed E-state index contributed by atoms with van der Waals surface area (Å²) in [7, 11) is -3.32. The Morgan fingerprint density at radius 1 is 1.04 bits per heavy atom. The van der Waals surface area contributed by atoms with E-state index in [0.717, 1.165) is 6.26 Å². The number of hydrogen-bond acceptors (Lipinski definition) is 4. The fourth-order valence-corrected chi connectivity index (χ4v) is 3.31. The molecule has 0 bridgehead atoms. The van der Waals surface area contributed by atoms with E-state index in [-0.39, 0.29) is 21.4 Å². The Morgan fingerprint density at radius 3 is 2.15 bits per heavy atom. The van der Waals surface area contributed by atoms with Crippen LogP contribution in [0.2, 0.25) is 5.15 Å². The van der Waals surface area contributed by atoms with Crippen LogP contribution in [-0.2, 0) is 9.84 Å². The number of halogens is 2. The van der Waals surface area contributed by atoms with Crippen molar-refractivity contribution in [3.8, 4) is 28.5 Å². The van der Waals surface area contributed by atoms with Gasteiger partial charge in [0.05, 0.1) is 16.2 Å². The van der Waals surface area contributed by atoms with Crippen molar-refractivity contribution < 1.29 is 12.8 Å². The molecular weight excluding hydrogens is 375 g/mol. The Bertz CT molecular complexity index is 1120. The van der Waals surface area contributed by atoms with Crippen LogP contribution in [0.5, 0.6) is 0 Å². The maximum atomic E-state index is 13.2. The Hall–Kier alpha value is -2.75. The highest BCUT2D eigenvalue weighted by atomic mass is 35.5. The van der Waals surface area contributed by atoms with Crippen molar-refractivity contribution in [3.05, 3.63) is 71.1 Å². The number of nitrogens with zero attached hydrogens (tertiary/aromatic N) is 2. The summed E-state index contributed by atoms with van der Waals surface area (Å²) < 4.78 is 36.5. The van der Waals surface area contributed by atoms with E-state index >= 15 is 0 Å². The van der Waals surface area contributed by atoms with Crippen LogP contribution in [0.1, 0.15) is 5.56 Å². The van der Waals surface area contributed by atoms with E-state index in [2.05, 4.69) is 4.98 Å². The van der Waals surface area contributed by atoms with Gasteiger partial charge in [0.2, 0.25) is 0 Å². The lowest BCUT2D eigenvalue weighted by molar-refractivity contribution is 0.602. The van der Waals surface area contributed by atoms with Gasteiger partial charge in [0.15, 0.2) is 9.84 Å². The first kappa shape index (κ1) is 18.1. The summed E-state index contributed by atoms with van der Waals surface area (Å²) in [6, 6.07) is 15.5. The number of hydrogen-bond donors (Lipinski definition) is 0. The fraction of sp³-hybridized carbons (Fsp3) is 0.0526. The smallest absolute Gasteiger partial charge is 0.175 e. The van der Waals surface area contributed by atoms with Gasteiger partial charge in [-0.05, 0) is 48.0 Å². The van der Waals surface area contributed by atoms with E-state index < -0.39 is 9.84 Å². The topological polar surface area (TPSA) is 70.8 Å². The number of pyridine rings is 1. The fourth-order valence-electron chi connectivity index (χ4n) is 2.50. The highest BCUT2D eigenvalue weighted by molar-refractivity contribution is 7.90. The summed E-state index contributed by atoms with van der Waals surface area (Å²) in [5.41, 5.74) is 2.55. The molecule has 130 valence electrons. The van der Waals surface area contributed by atoms with E-state index in [1.807, 2.05) is 6.07 Å². The lowest BCUT2D eigenvalue weighted by Gasteiger charge is -2.11. The molecule has 2 aromatic carbocycles. The molecule has 3 rings (SSSR count). The molecule has 0 spiro atoms. The average Bonchev–Trinajstić information content (AvgIpc) is 2.61. The summed E-state index contributed by atoms with van der Waals surface area (Å²) in [5.74, 6) is -0.382. The first-order chi connectivity index (χ1) is 12.3. The maximum absolute atomic E-state index is 13.2. The molecule has 0 fully saturated rings. The maximum Gasteiger partial charge on any atom is 0.175 e. The highest BCUT2D eigenvalue weighted by Crippen LogP contribution is 2.34. The second kappa shape index (κ2) is 6.87. The molecule has 0 radical (unpaired) electrons. The summed E-state index contributed by atoms with van der Waals surface area (Å²) in [5, 5.41) is 9.28. The first-order valence-corrected chi connectivity index (χ1v) is 9.73. The van der Waals surface area contributed by atoms with Gasteiger partial charge in [-0.25, -0.2) is 17.8 Å².